The lowest BCUT2D eigenvalue weighted by Crippen LogP contribution is -2.51. The maximum atomic E-state index is 6.50. The van der Waals surface area contributed by atoms with Crippen LogP contribution in [0.25, 0.3) is 6.08 Å². The Morgan fingerprint density at radius 3 is 2.34 bits per heavy atom. The molecule has 1 fully saturated rings. The summed E-state index contributed by atoms with van der Waals surface area (Å²) >= 11 is 0. The number of nitrogens with zero attached hydrogens (tertiary/aromatic N) is 3. The van der Waals surface area contributed by atoms with Crippen LogP contribution < -0.4 is 14.3 Å². The predicted octanol–water partition coefficient (Wildman–Crippen LogP) is 4.49. The third kappa shape index (κ3) is 3.06. The van der Waals surface area contributed by atoms with Crippen molar-refractivity contribution in [1.82, 2.24) is 4.48 Å². The molecule has 2 aliphatic rings. The third-order valence-corrected chi connectivity index (χ3v) is 6.56. The van der Waals surface area contributed by atoms with E-state index in [4.69, 9.17) is 4.74 Å². The van der Waals surface area contributed by atoms with Gasteiger partial charge in [0.15, 0.2) is 5.72 Å². The van der Waals surface area contributed by atoms with Gasteiger partial charge < -0.3 is 14.5 Å². The summed E-state index contributed by atoms with van der Waals surface area (Å²) in [5, 5.41) is 0. The monoisotopic (exact) mass is 392 g/mol. The van der Waals surface area contributed by atoms with Gasteiger partial charge in [0.05, 0.1) is 27.7 Å². The molecule has 2 heterocycles. The lowest BCUT2D eigenvalue weighted by atomic mass is 9.77. The van der Waals surface area contributed by atoms with Crippen LogP contribution in [-0.2, 0) is 10.2 Å². The minimum absolute atomic E-state index is 0.149. The highest BCUT2D eigenvalue weighted by Crippen LogP contribution is 2.55. The summed E-state index contributed by atoms with van der Waals surface area (Å²) in [6.45, 7) is 6.31. The van der Waals surface area contributed by atoms with E-state index in [0.29, 0.717) is 0 Å². The molecule has 4 rings (SSSR count). The molecule has 0 aromatic heterocycles. The van der Waals surface area contributed by atoms with Crippen molar-refractivity contribution >= 4 is 23.1 Å². The summed E-state index contributed by atoms with van der Waals surface area (Å²) in [5.41, 5.74) is 5.80. The summed E-state index contributed by atoms with van der Waals surface area (Å²) < 4.78 is 7.31. The smallest absolute Gasteiger partial charge is 0.170 e. The van der Waals surface area contributed by atoms with Gasteiger partial charge in [-0.05, 0) is 35.4 Å². The molecule has 0 saturated carbocycles. The van der Waals surface area contributed by atoms with E-state index < -0.39 is 5.72 Å². The molecule has 0 N–H and O–H groups in total. The molecule has 4 nitrogen and oxygen atoms in total. The normalized spacial score (nSPS) is 22.8. The zero-order valence-corrected chi connectivity index (χ0v) is 18.9. The van der Waals surface area contributed by atoms with Crippen molar-refractivity contribution in [2.24, 2.45) is 0 Å². The highest BCUT2D eigenvalue weighted by molar-refractivity contribution is 5.73. The average Bonchev–Trinajstić information content (AvgIpc) is 3.17. The van der Waals surface area contributed by atoms with E-state index in [1.165, 1.54) is 28.2 Å². The fourth-order valence-electron chi connectivity index (χ4n) is 4.66. The van der Waals surface area contributed by atoms with E-state index in [-0.39, 0.29) is 5.41 Å². The summed E-state index contributed by atoms with van der Waals surface area (Å²) in [6.07, 6.45) is 4.49. The fraction of sp³-hybridized carbons (Fsp3) is 0.440. The van der Waals surface area contributed by atoms with Gasteiger partial charge in [0.1, 0.15) is 5.69 Å². The maximum Gasteiger partial charge on any atom is 0.170 e. The summed E-state index contributed by atoms with van der Waals surface area (Å²) in [6, 6.07) is 15.6. The number of ether oxygens (including phenoxy) is 1. The fourth-order valence-corrected chi connectivity index (χ4v) is 4.66. The van der Waals surface area contributed by atoms with E-state index in [0.717, 1.165) is 17.6 Å². The average molecular weight is 393 g/mol. The van der Waals surface area contributed by atoms with Crippen LogP contribution in [0.5, 0.6) is 0 Å². The molecule has 4 heteroatoms. The Labute approximate surface area is 175 Å². The number of rotatable bonds is 4. The summed E-state index contributed by atoms with van der Waals surface area (Å²) in [4.78, 5) is 4.57. The van der Waals surface area contributed by atoms with Crippen LogP contribution in [0.4, 0.5) is 17.1 Å². The predicted molar refractivity (Wildman–Crippen MR) is 125 cm³/mol. The molecule has 154 valence electrons. The van der Waals surface area contributed by atoms with Crippen molar-refractivity contribution in [3.8, 4) is 0 Å². The first-order valence-corrected chi connectivity index (χ1v) is 10.4. The molecule has 2 aliphatic heterocycles. The van der Waals surface area contributed by atoms with Gasteiger partial charge in [0, 0.05) is 49.6 Å². The number of anilines is 2. The van der Waals surface area contributed by atoms with E-state index in [1.807, 2.05) is 0 Å². The van der Waals surface area contributed by atoms with Crippen LogP contribution in [0.2, 0.25) is 0 Å². The zero-order valence-electron chi connectivity index (χ0n) is 18.9. The van der Waals surface area contributed by atoms with Crippen LogP contribution in [0.3, 0.4) is 0 Å². The van der Waals surface area contributed by atoms with Gasteiger partial charge in [-0.2, -0.15) is 0 Å². The third-order valence-electron chi connectivity index (χ3n) is 6.56. The SMILES string of the molecule is CN(C)c1ccc(/C=C/C23OCCN2c2ccc([N+](C)(C)C)cc2C3(C)C)cc1. The highest BCUT2D eigenvalue weighted by atomic mass is 16.5. The molecule has 0 amide bonds. The molecule has 2 aromatic carbocycles. The van der Waals surface area contributed by atoms with Gasteiger partial charge in [0.2, 0.25) is 0 Å². The molecular formula is C25H34N3O+. The molecular weight excluding hydrogens is 358 g/mol. The van der Waals surface area contributed by atoms with Gasteiger partial charge in [-0.25, -0.2) is 0 Å². The van der Waals surface area contributed by atoms with Crippen LogP contribution in [0, 0.1) is 0 Å². The second-order valence-corrected chi connectivity index (χ2v) is 9.85. The lowest BCUT2D eigenvalue weighted by molar-refractivity contribution is 0.000328. The first kappa shape index (κ1) is 20.0. The zero-order chi connectivity index (χ0) is 21.0. The second kappa shape index (κ2) is 6.61. The molecule has 0 spiro atoms. The maximum absolute atomic E-state index is 6.50. The quantitative estimate of drug-likeness (QED) is 0.713. The van der Waals surface area contributed by atoms with Gasteiger partial charge in [-0.15, -0.1) is 0 Å². The van der Waals surface area contributed by atoms with Crippen molar-refractivity contribution in [1.29, 1.82) is 0 Å². The van der Waals surface area contributed by atoms with Crippen molar-refractivity contribution in [3.05, 3.63) is 59.7 Å². The molecule has 1 saturated heterocycles. The van der Waals surface area contributed by atoms with E-state index in [9.17, 15) is 0 Å². The summed E-state index contributed by atoms with van der Waals surface area (Å²) in [7, 11) is 10.8. The Morgan fingerprint density at radius 2 is 1.72 bits per heavy atom. The Balaban J connectivity index is 1.74. The van der Waals surface area contributed by atoms with Crippen LogP contribution in [0.15, 0.2) is 48.5 Å². The molecule has 0 radical (unpaired) electrons. The molecule has 1 unspecified atom stereocenters. The first-order valence-electron chi connectivity index (χ1n) is 10.4. The number of fused-ring (bicyclic) bond motifs is 3. The molecule has 0 bridgehead atoms. The largest absolute Gasteiger partial charge is 0.378 e. The van der Waals surface area contributed by atoms with Gasteiger partial charge in [-0.3, -0.25) is 4.48 Å². The highest BCUT2D eigenvalue weighted by Gasteiger charge is 2.59. The van der Waals surface area contributed by atoms with Crippen molar-refractivity contribution in [3.63, 3.8) is 0 Å². The summed E-state index contributed by atoms with van der Waals surface area (Å²) in [5.74, 6) is 0. The Bertz CT molecular complexity index is 938. The van der Waals surface area contributed by atoms with Crippen molar-refractivity contribution in [2.75, 3.05) is 58.2 Å². The molecule has 0 aliphatic carbocycles. The first-order chi connectivity index (χ1) is 13.6. The number of quaternary nitrogens is 1. The second-order valence-electron chi connectivity index (χ2n) is 9.85. The Hall–Kier alpha value is -2.30. The van der Waals surface area contributed by atoms with Gasteiger partial charge in [0.25, 0.3) is 0 Å². The lowest BCUT2D eigenvalue weighted by Gasteiger charge is -2.39. The standard InChI is InChI=1S/C25H34N3O/c1-24(2)22-18-21(28(5,6)7)12-13-23(22)27-16-17-29-25(24,27)15-14-19-8-10-20(11-9-19)26(3)4/h8-15,18H,16-17H2,1-7H3/q+1/b15-14+. The van der Waals surface area contributed by atoms with Gasteiger partial charge in [-0.1, -0.05) is 32.1 Å². The number of hydrogen-bond donors (Lipinski definition) is 0. The Morgan fingerprint density at radius 1 is 1.03 bits per heavy atom. The van der Waals surface area contributed by atoms with E-state index in [1.54, 1.807) is 0 Å². The topological polar surface area (TPSA) is 15.7 Å². The molecule has 2 aromatic rings. The van der Waals surface area contributed by atoms with Gasteiger partial charge >= 0.3 is 0 Å². The number of benzene rings is 2. The Kier molecular flexibility index (Phi) is 4.56. The molecule has 1 atom stereocenters. The van der Waals surface area contributed by atoms with Crippen LogP contribution >= 0.6 is 0 Å². The van der Waals surface area contributed by atoms with Crippen molar-refractivity contribution in [2.45, 2.75) is 25.0 Å². The minimum atomic E-state index is -0.445. The minimum Gasteiger partial charge on any atom is -0.378 e. The van der Waals surface area contributed by atoms with Crippen LogP contribution in [0.1, 0.15) is 25.0 Å². The van der Waals surface area contributed by atoms with E-state index >= 15 is 0 Å². The van der Waals surface area contributed by atoms with E-state index in [2.05, 4.69) is 114 Å². The van der Waals surface area contributed by atoms with Crippen LogP contribution in [-0.4, -0.2) is 54.1 Å². The number of hydrogen-bond acceptors (Lipinski definition) is 3. The van der Waals surface area contributed by atoms with Crippen molar-refractivity contribution < 1.29 is 4.74 Å². The molecule has 29 heavy (non-hydrogen) atoms.